The summed E-state index contributed by atoms with van der Waals surface area (Å²) in [6, 6.07) is 8.18. The highest BCUT2D eigenvalue weighted by molar-refractivity contribution is 5.78. The Morgan fingerprint density at radius 2 is 2.06 bits per heavy atom. The van der Waals surface area contributed by atoms with Gasteiger partial charge in [-0.1, -0.05) is 31.2 Å². The first-order valence-corrected chi connectivity index (χ1v) is 6.55. The first-order chi connectivity index (χ1) is 8.56. The van der Waals surface area contributed by atoms with Crippen LogP contribution in [-0.2, 0) is 11.3 Å². The highest BCUT2D eigenvalue weighted by Crippen LogP contribution is 2.13. The van der Waals surface area contributed by atoms with Crippen molar-refractivity contribution < 1.29 is 4.79 Å². The van der Waals surface area contributed by atoms with E-state index in [4.69, 9.17) is 5.73 Å². The predicted molar refractivity (Wildman–Crippen MR) is 75.1 cm³/mol. The molecule has 0 aliphatic heterocycles. The fraction of sp³-hybridized carbons (Fsp3) is 0.533. The molecule has 100 valence electrons. The lowest BCUT2D eigenvalue weighted by atomic mass is 10.0. The summed E-state index contributed by atoms with van der Waals surface area (Å²) in [6.45, 7) is 5.38. The molecule has 0 aliphatic carbocycles. The molecule has 0 heterocycles. The van der Waals surface area contributed by atoms with Crippen molar-refractivity contribution in [3.8, 4) is 0 Å². The lowest BCUT2D eigenvalue weighted by Crippen LogP contribution is -2.31. The molecule has 2 N–H and O–H groups in total. The van der Waals surface area contributed by atoms with Crippen LogP contribution in [0.25, 0.3) is 0 Å². The van der Waals surface area contributed by atoms with E-state index >= 15 is 0 Å². The van der Waals surface area contributed by atoms with Crippen molar-refractivity contribution in [3.05, 3.63) is 35.4 Å². The third kappa shape index (κ3) is 4.15. The first kappa shape index (κ1) is 14.7. The topological polar surface area (TPSA) is 46.3 Å². The van der Waals surface area contributed by atoms with Gasteiger partial charge in [0.2, 0.25) is 5.91 Å². The maximum atomic E-state index is 12.1. The van der Waals surface area contributed by atoms with Crippen LogP contribution in [0.5, 0.6) is 0 Å². The standard InChI is InChI=1S/C15H24N2O/c1-12-7-4-5-9-14(12)11-17(3)15(18)13(2)8-6-10-16/h4-5,7,9,13H,6,8,10-11,16H2,1-3H3. The number of hydrogen-bond donors (Lipinski definition) is 1. The van der Waals surface area contributed by atoms with Crippen LogP contribution in [0.1, 0.15) is 30.9 Å². The van der Waals surface area contributed by atoms with Crippen molar-refractivity contribution in [2.45, 2.75) is 33.2 Å². The number of nitrogens with zero attached hydrogens (tertiary/aromatic N) is 1. The summed E-state index contributed by atoms with van der Waals surface area (Å²) in [4.78, 5) is 14.0. The van der Waals surface area contributed by atoms with E-state index in [1.807, 2.05) is 31.0 Å². The van der Waals surface area contributed by atoms with E-state index in [0.29, 0.717) is 13.1 Å². The molecule has 1 aromatic rings. The van der Waals surface area contributed by atoms with Crippen molar-refractivity contribution in [2.24, 2.45) is 11.7 Å². The normalized spacial score (nSPS) is 12.2. The van der Waals surface area contributed by atoms with Gasteiger partial charge in [0.15, 0.2) is 0 Å². The first-order valence-electron chi connectivity index (χ1n) is 6.55. The van der Waals surface area contributed by atoms with Gasteiger partial charge in [0.25, 0.3) is 0 Å². The van der Waals surface area contributed by atoms with E-state index in [-0.39, 0.29) is 11.8 Å². The molecule has 0 radical (unpaired) electrons. The van der Waals surface area contributed by atoms with E-state index in [1.54, 1.807) is 0 Å². The molecule has 0 spiro atoms. The molecule has 0 saturated carbocycles. The van der Waals surface area contributed by atoms with E-state index in [9.17, 15) is 4.79 Å². The molecule has 3 heteroatoms. The molecule has 1 amide bonds. The van der Waals surface area contributed by atoms with Gasteiger partial charge in [-0.25, -0.2) is 0 Å². The van der Waals surface area contributed by atoms with E-state index in [2.05, 4.69) is 19.1 Å². The Hall–Kier alpha value is -1.35. The lowest BCUT2D eigenvalue weighted by molar-refractivity contribution is -0.134. The maximum absolute atomic E-state index is 12.1. The van der Waals surface area contributed by atoms with E-state index in [0.717, 1.165) is 12.8 Å². The molecule has 1 atom stereocenters. The number of rotatable bonds is 6. The Bertz CT molecular complexity index is 390. The van der Waals surface area contributed by atoms with Crippen LogP contribution < -0.4 is 5.73 Å². The summed E-state index contributed by atoms with van der Waals surface area (Å²) in [6.07, 6.45) is 1.78. The van der Waals surface area contributed by atoms with Crippen LogP contribution in [0.2, 0.25) is 0 Å². The Morgan fingerprint density at radius 3 is 2.67 bits per heavy atom. The summed E-state index contributed by atoms with van der Waals surface area (Å²) in [5, 5.41) is 0. The van der Waals surface area contributed by atoms with Crippen LogP contribution in [0.3, 0.4) is 0 Å². The molecular formula is C15H24N2O. The Labute approximate surface area is 110 Å². The maximum Gasteiger partial charge on any atom is 0.225 e. The third-order valence-corrected chi connectivity index (χ3v) is 3.31. The average Bonchev–Trinajstić information content (AvgIpc) is 2.37. The fourth-order valence-corrected chi connectivity index (χ4v) is 2.04. The van der Waals surface area contributed by atoms with Gasteiger partial charge in [-0.05, 0) is 37.4 Å². The summed E-state index contributed by atoms with van der Waals surface area (Å²) in [7, 11) is 1.87. The largest absolute Gasteiger partial charge is 0.341 e. The summed E-state index contributed by atoms with van der Waals surface area (Å²) in [5.74, 6) is 0.259. The molecular weight excluding hydrogens is 224 g/mol. The Kier molecular flexibility index (Phi) is 5.86. The highest BCUT2D eigenvalue weighted by atomic mass is 16.2. The van der Waals surface area contributed by atoms with Gasteiger partial charge in [0.05, 0.1) is 0 Å². The minimum Gasteiger partial charge on any atom is -0.341 e. The second-order valence-corrected chi connectivity index (χ2v) is 4.95. The summed E-state index contributed by atoms with van der Waals surface area (Å²) in [5.41, 5.74) is 7.91. The smallest absolute Gasteiger partial charge is 0.225 e. The van der Waals surface area contributed by atoms with Gasteiger partial charge in [0.1, 0.15) is 0 Å². The fourth-order valence-electron chi connectivity index (χ4n) is 2.04. The second kappa shape index (κ2) is 7.17. The van der Waals surface area contributed by atoms with Gasteiger partial charge < -0.3 is 10.6 Å². The average molecular weight is 248 g/mol. The highest BCUT2D eigenvalue weighted by Gasteiger charge is 2.17. The zero-order valence-corrected chi connectivity index (χ0v) is 11.6. The van der Waals surface area contributed by atoms with Gasteiger partial charge in [0, 0.05) is 19.5 Å². The lowest BCUT2D eigenvalue weighted by Gasteiger charge is -2.22. The molecule has 18 heavy (non-hydrogen) atoms. The molecule has 1 aromatic carbocycles. The molecule has 0 aromatic heterocycles. The number of nitrogens with two attached hydrogens (primary N) is 1. The molecule has 0 bridgehead atoms. The van der Waals surface area contributed by atoms with Gasteiger partial charge in [-0.2, -0.15) is 0 Å². The second-order valence-electron chi connectivity index (χ2n) is 4.95. The molecule has 3 nitrogen and oxygen atoms in total. The monoisotopic (exact) mass is 248 g/mol. The zero-order valence-electron chi connectivity index (χ0n) is 11.6. The summed E-state index contributed by atoms with van der Waals surface area (Å²) >= 11 is 0. The minimum absolute atomic E-state index is 0.0579. The van der Waals surface area contributed by atoms with Crippen molar-refractivity contribution in [1.82, 2.24) is 4.90 Å². The molecule has 0 fully saturated rings. The summed E-state index contributed by atoms with van der Waals surface area (Å²) < 4.78 is 0. The molecule has 1 unspecified atom stereocenters. The van der Waals surface area contributed by atoms with E-state index in [1.165, 1.54) is 11.1 Å². The van der Waals surface area contributed by atoms with E-state index < -0.39 is 0 Å². The van der Waals surface area contributed by atoms with Crippen LogP contribution in [-0.4, -0.2) is 24.4 Å². The van der Waals surface area contributed by atoms with Crippen molar-refractivity contribution in [1.29, 1.82) is 0 Å². The third-order valence-electron chi connectivity index (χ3n) is 3.31. The zero-order chi connectivity index (χ0) is 13.5. The SMILES string of the molecule is Cc1ccccc1CN(C)C(=O)C(C)CCCN. The minimum atomic E-state index is 0.0579. The van der Waals surface area contributed by atoms with Crippen molar-refractivity contribution in [3.63, 3.8) is 0 Å². The van der Waals surface area contributed by atoms with Crippen molar-refractivity contribution >= 4 is 5.91 Å². The van der Waals surface area contributed by atoms with Gasteiger partial charge in [-0.3, -0.25) is 4.79 Å². The van der Waals surface area contributed by atoms with Crippen molar-refractivity contribution in [2.75, 3.05) is 13.6 Å². The number of benzene rings is 1. The number of amides is 1. The molecule has 0 aliphatic rings. The number of hydrogen-bond acceptors (Lipinski definition) is 2. The van der Waals surface area contributed by atoms with Gasteiger partial charge >= 0.3 is 0 Å². The van der Waals surface area contributed by atoms with Crippen LogP contribution in [0, 0.1) is 12.8 Å². The molecule has 0 saturated heterocycles. The van der Waals surface area contributed by atoms with Gasteiger partial charge in [-0.15, -0.1) is 0 Å². The Morgan fingerprint density at radius 1 is 1.39 bits per heavy atom. The number of carbonyl (C=O) groups excluding carboxylic acids is 1. The number of aryl methyl sites for hydroxylation is 1. The Balaban J connectivity index is 2.57. The van der Waals surface area contributed by atoms with Crippen LogP contribution >= 0.6 is 0 Å². The quantitative estimate of drug-likeness (QED) is 0.840. The molecule has 1 rings (SSSR count). The number of carbonyl (C=O) groups is 1. The predicted octanol–water partition coefficient (Wildman–Crippen LogP) is 2.33. The van der Waals surface area contributed by atoms with Crippen LogP contribution in [0.4, 0.5) is 0 Å². The van der Waals surface area contributed by atoms with Crippen LogP contribution in [0.15, 0.2) is 24.3 Å².